The predicted molar refractivity (Wildman–Crippen MR) is 179 cm³/mol. The van der Waals surface area contributed by atoms with Crippen LogP contribution >= 0.6 is 31.9 Å². The monoisotopic (exact) mass is 722 g/mol. The van der Waals surface area contributed by atoms with Gasteiger partial charge in [-0.15, -0.1) is 0 Å². The van der Waals surface area contributed by atoms with Gasteiger partial charge < -0.3 is 0 Å². The van der Waals surface area contributed by atoms with Gasteiger partial charge in [-0.25, -0.2) is 17.2 Å². The maximum Gasteiger partial charge on any atom is 0.158 e. The fraction of sp³-hybridized carbons (Fsp3) is 0.222. The highest BCUT2D eigenvalue weighted by atomic mass is 79.9. The first kappa shape index (κ1) is 30.2. The highest BCUT2D eigenvalue weighted by Crippen LogP contribution is 2.42. The Kier molecular flexibility index (Phi) is 8.86. The number of benzene rings is 4. The number of rotatable bonds is 8. The highest BCUT2D eigenvalue weighted by molar-refractivity contribution is 9.10. The lowest BCUT2D eigenvalue weighted by atomic mass is 9.96. The molecular weight excluding hydrogens is 694 g/mol. The number of sulfone groups is 1. The number of hydrogen-bond donors (Lipinski definition) is 0. The van der Waals surface area contributed by atoms with Gasteiger partial charge in [-0.05, 0) is 119 Å². The summed E-state index contributed by atoms with van der Waals surface area (Å²) in [6.45, 7) is 0. The van der Waals surface area contributed by atoms with Crippen molar-refractivity contribution in [1.82, 2.24) is 0 Å². The molecule has 0 spiro atoms. The van der Waals surface area contributed by atoms with Crippen molar-refractivity contribution in [2.45, 2.75) is 50.0 Å². The lowest BCUT2D eigenvalue weighted by Crippen LogP contribution is -2.10. The van der Waals surface area contributed by atoms with E-state index in [1.165, 1.54) is 23.3 Å². The zero-order valence-corrected chi connectivity index (χ0v) is 27.5. The van der Waals surface area contributed by atoms with Crippen molar-refractivity contribution in [3.8, 4) is 0 Å². The molecule has 0 N–H and O–H groups in total. The third-order valence-corrected chi connectivity index (χ3v) is 10.9. The lowest BCUT2D eigenvalue weighted by Gasteiger charge is -2.12. The van der Waals surface area contributed by atoms with Gasteiger partial charge in [0.1, 0.15) is 11.6 Å². The van der Waals surface area contributed by atoms with Crippen LogP contribution in [0, 0.1) is 11.6 Å². The topological polar surface area (TPSA) is 34.1 Å². The molecule has 2 aliphatic rings. The van der Waals surface area contributed by atoms with Crippen LogP contribution < -0.4 is 0 Å². The van der Waals surface area contributed by atoms with Crippen LogP contribution in [0.25, 0.3) is 22.3 Å². The molecule has 0 aromatic heterocycles. The summed E-state index contributed by atoms with van der Waals surface area (Å²) < 4.78 is 58.8. The molecule has 0 fully saturated rings. The van der Waals surface area contributed by atoms with Crippen LogP contribution in [0.2, 0.25) is 0 Å². The molecule has 43 heavy (non-hydrogen) atoms. The minimum atomic E-state index is -3.83. The number of halogens is 4. The molecule has 2 aliphatic carbocycles. The van der Waals surface area contributed by atoms with Crippen LogP contribution in [-0.4, -0.2) is 8.42 Å². The summed E-state index contributed by atoms with van der Waals surface area (Å²) in [4.78, 5) is 0. The summed E-state index contributed by atoms with van der Waals surface area (Å²) in [7, 11) is -3.83. The van der Waals surface area contributed by atoms with Crippen LogP contribution in [0.3, 0.4) is 0 Å². The fourth-order valence-electron chi connectivity index (χ4n) is 6.29. The Morgan fingerprint density at radius 3 is 1.19 bits per heavy atom. The van der Waals surface area contributed by atoms with E-state index in [1.807, 2.05) is 24.3 Å². The summed E-state index contributed by atoms with van der Waals surface area (Å²) in [6.07, 6.45) is 5.51. The number of allylic oxidation sites excluding steroid dienone is 4. The molecule has 220 valence electrons. The molecule has 0 saturated heterocycles. The van der Waals surface area contributed by atoms with Crippen molar-refractivity contribution < 1.29 is 17.2 Å². The average molecular weight is 725 g/mol. The Morgan fingerprint density at radius 1 is 0.512 bits per heavy atom. The molecule has 4 aromatic rings. The Bertz CT molecular complexity index is 1730. The second-order valence-electron chi connectivity index (χ2n) is 11.3. The smallest absolute Gasteiger partial charge is 0.158 e. The van der Waals surface area contributed by atoms with Gasteiger partial charge in [0.2, 0.25) is 0 Å². The zero-order chi connectivity index (χ0) is 30.1. The Balaban J connectivity index is 1.19. The standard InChI is InChI=1S/C36H30Br2F2O2S/c37-29-15-11-23(12-16-29)31-3-1-5-33(31)25-7-9-27(35(39)19-25)21-43(41,42)22-28-10-8-26(20-36(28)40)34-6-2-4-32(34)24-13-17-30(38)18-14-24/h7-20H,1-6,21-22H2. The molecule has 0 unspecified atom stereocenters. The molecule has 0 heterocycles. The van der Waals surface area contributed by atoms with Crippen LogP contribution in [0.1, 0.15) is 71.9 Å². The molecule has 0 amide bonds. The summed E-state index contributed by atoms with van der Waals surface area (Å²) in [5.41, 5.74) is 8.57. The first-order chi connectivity index (χ1) is 20.7. The second-order valence-corrected chi connectivity index (χ2v) is 15.2. The predicted octanol–water partition coefficient (Wildman–Crippen LogP) is 10.8. The van der Waals surface area contributed by atoms with E-state index in [0.717, 1.165) is 80.9 Å². The average Bonchev–Trinajstić information content (AvgIpc) is 3.67. The van der Waals surface area contributed by atoms with E-state index >= 15 is 8.78 Å². The quantitative estimate of drug-likeness (QED) is 0.181. The minimum Gasteiger partial charge on any atom is -0.228 e. The van der Waals surface area contributed by atoms with E-state index in [4.69, 9.17) is 0 Å². The van der Waals surface area contributed by atoms with Crippen molar-refractivity contribution in [1.29, 1.82) is 0 Å². The number of hydrogen-bond acceptors (Lipinski definition) is 2. The van der Waals surface area contributed by atoms with E-state index in [-0.39, 0.29) is 11.1 Å². The molecular formula is C36H30Br2F2O2S. The van der Waals surface area contributed by atoms with Crippen molar-refractivity contribution in [2.75, 3.05) is 0 Å². The minimum absolute atomic E-state index is 0.0971. The summed E-state index contributed by atoms with van der Waals surface area (Å²) in [6, 6.07) is 25.8. The molecule has 0 atom stereocenters. The van der Waals surface area contributed by atoms with Gasteiger partial charge in [0.15, 0.2) is 9.84 Å². The van der Waals surface area contributed by atoms with Crippen molar-refractivity contribution >= 4 is 64.0 Å². The molecule has 0 saturated carbocycles. The Hall–Kier alpha value is -2.87. The maximum absolute atomic E-state index is 15.3. The van der Waals surface area contributed by atoms with Crippen LogP contribution in [0.4, 0.5) is 8.78 Å². The third kappa shape index (κ3) is 6.79. The van der Waals surface area contributed by atoms with Gasteiger partial charge in [-0.2, -0.15) is 0 Å². The van der Waals surface area contributed by atoms with Gasteiger partial charge in [0.25, 0.3) is 0 Å². The van der Waals surface area contributed by atoms with E-state index in [2.05, 4.69) is 56.1 Å². The van der Waals surface area contributed by atoms with Crippen LogP contribution in [-0.2, 0) is 21.3 Å². The summed E-state index contributed by atoms with van der Waals surface area (Å²) in [5, 5.41) is 0. The van der Waals surface area contributed by atoms with Gasteiger partial charge in [0, 0.05) is 20.1 Å². The lowest BCUT2D eigenvalue weighted by molar-refractivity contribution is 0.580. The Morgan fingerprint density at radius 2 is 0.837 bits per heavy atom. The molecule has 0 radical (unpaired) electrons. The molecule has 4 aromatic carbocycles. The zero-order valence-electron chi connectivity index (χ0n) is 23.5. The largest absolute Gasteiger partial charge is 0.228 e. The molecule has 0 bridgehead atoms. The molecule has 0 aliphatic heterocycles. The Labute approximate surface area is 268 Å². The van der Waals surface area contributed by atoms with Crippen molar-refractivity contribution in [3.63, 3.8) is 0 Å². The van der Waals surface area contributed by atoms with E-state index in [9.17, 15) is 8.42 Å². The van der Waals surface area contributed by atoms with Gasteiger partial charge in [0.05, 0.1) is 11.5 Å². The maximum atomic E-state index is 15.3. The first-order valence-electron chi connectivity index (χ1n) is 14.4. The highest BCUT2D eigenvalue weighted by Gasteiger charge is 2.23. The van der Waals surface area contributed by atoms with Gasteiger partial charge in [-0.1, -0.05) is 80.4 Å². The molecule has 7 heteroatoms. The van der Waals surface area contributed by atoms with Crippen molar-refractivity contribution in [3.05, 3.63) is 139 Å². The normalized spacial score (nSPS) is 15.5. The van der Waals surface area contributed by atoms with Crippen LogP contribution in [0.5, 0.6) is 0 Å². The molecule has 2 nitrogen and oxygen atoms in total. The fourth-order valence-corrected chi connectivity index (χ4v) is 8.34. The van der Waals surface area contributed by atoms with E-state index in [1.54, 1.807) is 24.3 Å². The summed E-state index contributed by atoms with van der Waals surface area (Å²) in [5.74, 6) is -2.09. The van der Waals surface area contributed by atoms with Gasteiger partial charge in [-0.3, -0.25) is 0 Å². The van der Waals surface area contributed by atoms with Crippen molar-refractivity contribution in [2.24, 2.45) is 0 Å². The van der Waals surface area contributed by atoms with E-state index in [0.29, 0.717) is 0 Å². The second kappa shape index (κ2) is 12.6. The third-order valence-electron chi connectivity index (χ3n) is 8.37. The SMILES string of the molecule is O=S(=O)(Cc1ccc(C2=C(c3ccc(Br)cc3)CCC2)cc1F)Cc1ccc(C2=C(c3ccc(Br)cc3)CCC2)cc1F. The van der Waals surface area contributed by atoms with Gasteiger partial charge >= 0.3 is 0 Å². The van der Waals surface area contributed by atoms with E-state index < -0.39 is 33.0 Å². The van der Waals surface area contributed by atoms with Crippen LogP contribution in [0.15, 0.2) is 93.9 Å². The summed E-state index contributed by atoms with van der Waals surface area (Å²) >= 11 is 6.94. The molecule has 6 rings (SSSR count). The first-order valence-corrected chi connectivity index (χ1v) is 17.8.